The number of nitrogens with zero attached hydrogens (tertiary/aromatic N) is 2. The molecule has 0 spiro atoms. The van der Waals surface area contributed by atoms with E-state index in [9.17, 15) is 9.59 Å². The van der Waals surface area contributed by atoms with Crippen LogP contribution < -0.4 is 15.0 Å². The van der Waals surface area contributed by atoms with Gasteiger partial charge in [0, 0.05) is 37.9 Å². The molecule has 142 valence electrons. The lowest BCUT2D eigenvalue weighted by atomic mass is 10.1. The van der Waals surface area contributed by atoms with Crippen LogP contribution in [0, 0.1) is 0 Å². The van der Waals surface area contributed by atoms with Crippen LogP contribution in [0.25, 0.3) is 0 Å². The number of piperazine rings is 1. The second-order valence-electron chi connectivity index (χ2n) is 7.14. The zero-order valence-electron chi connectivity index (χ0n) is 15.6. The Hall–Kier alpha value is -2.24. The van der Waals surface area contributed by atoms with E-state index in [-0.39, 0.29) is 11.9 Å². The SMILES string of the molecule is COc1ccc(N2CCN(C(=O)C(=O)NC3CCCCCC3)CC2)cc1. The zero-order valence-corrected chi connectivity index (χ0v) is 15.6. The van der Waals surface area contributed by atoms with E-state index in [0.29, 0.717) is 13.1 Å². The van der Waals surface area contributed by atoms with E-state index < -0.39 is 5.91 Å². The van der Waals surface area contributed by atoms with Crippen molar-refractivity contribution in [2.45, 2.75) is 44.6 Å². The minimum Gasteiger partial charge on any atom is -0.497 e. The lowest BCUT2D eigenvalue weighted by Gasteiger charge is -2.36. The first-order chi connectivity index (χ1) is 12.7. The van der Waals surface area contributed by atoms with E-state index in [4.69, 9.17) is 4.74 Å². The predicted octanol–water partition coefficient (Wildman–Crippen LogP) is 2.18. The summed E-state index contributed by atoms with van der Waals surface area (Å²) < 4.78 is 5.19. The van der Waals surface area contributed by atoms with Crippen LogP contribution in [0.4, 0.5) is 5.69 Å². The highest BCUT2D eigenvalue weighted by atomic mass is 16.5. The standard InChI is InChI=1S/C20H29N3O3/c1-26-18-10-8-17(9-11-18)22-12-14-23(15-13-22)20(25)19(24)21-16-6-4-2-3-5-7-16/h8-11,16H,2-7,12-15H2,1H3,(H,21,24). The third-order valence-corrected chi connectivity index (χ3v) is 5.39. The van der Waals surface area contributed by atoms with Crippen LogP contribution in [0.3, 0.4) is 0 Å². The van der Waals surface area contributed by atoms with Crippen LogP contribution in [0.1, 0.15) is 38.5 Å². The number of benzene rings is 1. The Bertz CT molecular complexity index is 601. The number of hydrogen-bond donors (Lipinski definition) is 1. The second-order valence-corrected chi connectivity index (χ2v) is 7.14. The summed E-state index contributed by atoms with van der Waals surface area (Å²) in [5.41, 5.74) is 1.11. The van der Waals surface area contributed by atoms with Crippen LogP contribution in [-0.2, 0) is 9.59 Å². The molecule has 26 heavy (non-hydrogen) atoms. The Morgan fingerprint density at radius 2 is 1.58 bits per heavy atom. The van der Waals surface area contributed by atoms with Gasteiger partial charge >= 0.3 is 11.8 Å². The predicted molar refractivity (Wildman–Crippen MR) is 101 cm³/mol. The van der Waals surface area contributed by atoms with E-state index in [1.165, 1.54) is 12.8 Å². The summed E-state index contributed by atoms with van der Waals surface area (Å²) in [6.45, 7) is 2.61. The quantitative estimate of drug-likeness (QED) is 0.664. The van der Waals surface area contributed by atoms with Crippen LogP contribution >= 0.6 is 0 Å². The smallest absolute Gasteiger partial charge is 0.312 e. The second kappa shape index (κ2) is 8.92. The molecule has 1 heterocycles. The van der Waals surface area contributed by atoms with Crippen molar-refractivity contribution in [1.29, 1.82) is 0 Å². The van der Waals surface area contributed by atoms with Crippen molar-refractivity contribution in [3.8, 4) is 5.75 Å². The van der Waals surface area contributed by atoms with Gasteiger partial charge in [0.15, 0.2) is 0 Å². The summed E-state index contributed by atoms with van der Waals surface area (Å²) in [6, 6.07) is 8.08. The molecule has 0 atom stereocenters. The molecule has 0 bridgehead atoms. The summed E-state index contributed by atoms with van der Waals surface area (Å²) in [5, 5.41) is 2.95. The molecule has 6 nitrogen and oxygen atoms in total. The number of hydrogen-bond acceptors (Lipinski definition) is 4. The van der Waals surface area contributed by atoms with E-state index >= 15 is 0 Å². The maximum atomic E-state index is 12.5. The third kappa shape index (κ3) is 4.68. The van der Waals surface area contributed by atoms with Crippen molar-refractivity contribution in [2.24, 2.45) is 0 Å². The average Bonchev–Trinajstić information content (AvgIpc) is 2.96. The molecule has 2 amide bonds. The number of carbonyl (C=O) groups excluding carboxylic acids is 2. The zero-order chi connectivity index (χ0) is 18.4. The Morgan fingerprint density at radius 1 is 0.962 bits per heavy atom. The molecule has 1 aromatic rings. The maximum absolute atomic E-state index is 12.5. The van der Waals surface area contributed by atoms with Crippen LogP contribution in [0.2, 0.25) is 0 Å². The van der Waals surface area contributed by atoms with Gasteiger partial charge in [0.05, 0.1) is 7.11 Å². The first kappa shape index (κ1) is 18.5. The van der Waals surface area contributed by atoms with Crippen molar-refractivity contribution in [1.82, 2.24) is 10.2 Å². The normalized spacial score (nSPS) is 19.0. The van der Waals surface area contributed by atoms with Gasteiger partial charge in [-0.2, -0.15) is 0 Å². The van der Waals surface area contributed by atoms with Crippen molar-refractivity contribution in [2.75, 3.05) is 38.2 Å². The van der Waals surface area contributed by atoms with Gasteiger partial charge in [-0.1, -0.05) is 25.7 Å². The highest BCUT2D eigenvalue weighted by Crippen LogP contribution is 2.21. The first-order valence-corrected chi connectivity index (χ1v) is 9.66. The van der Waals surface area contributed by atoms with Crippen LogP contribution in [0.15, 0.2) is 24.3 Å². The van der Waals surface area contributed by atoms with Gasteiger partial charge in [-0.25, -0.2) is 0 Å². The molecule has 1 saturated carbocycles. The molecule has 1 N–H and O–H groups in total. The largest absolute Gasteiger partial charge is 0.497 e. The van der Waals surface area contributed by atoms with Gasteiger partial charge in [-0.05, 0) is 37.1 Å². The summed E-state index contributed by atoms with van der Waals surface area (Å²) >= 11 is 0. The lowest BCUT2D eigenvalue weighted by molar-refractivity contribution is -0.146. The fourth-order valence-corrected chi connectivity index (χ4v) is 3.78. The van der Waals surface area contributed by atoms with Crippen molar-refractivity contribution in [3.63, 3.8) is 0 Å². The van der Waals surface area contributed by atoms with Gasteiger partial charge in [0.25, 0.3) is 0 Å². The Labute approximate surface area is 155 Å². The number of rotatable bonds is 3. The maximum Gasteiger partial charge on any atom is 0.312 e. The van der Waals surface area contributed by atoms with Gasteiger partial charge in [-0.3, -0.25) is 9.59 Å². The monoisotopic (exact) mass is 359 g/mol. The number of carbonyl (C=O) groups is 2. The van der Waals surface area contributed by atoms with E-state index in [1.807, 2.05) is 24.3 Å². The van der Waals surface area contributed by atoms with Gasteiger partial charge < -0.3 is 19.9 Å². The molecular weight excluding hydrogens is 330 g/mol. The topological polar surface area (TPSA) is 61.9 Å². The van der Waals surface area contributed by atoms with Gasteiger partial charge in [-0.15, -0.1) is 0 Å². The number of ether oxygens (including phenoxy) is 1. The Morgan fingerprint density at radius 3 is 2.15 bits per heavy atom. The summed E-state index contributed by atoms with van der Waals surface area (Å²) in [5.74, 6) is 0.0103. The molecule has 0 radical (unpaired) electrons. The van der Waals surface area contributed by atoms with Crippen molar-refractivity contribution < 1.29 is 14.3 Å². The molecule has 3 rings (SSSR count). The van der Waals surface area contributed by atoms with Crippen molar-refractivity contribution in [3.05, 3.63) is 24.3 Å². The van der Waals surface area contributed by atoms with Crippen molar-refractivity contribution >= 4 is 17.5 Å². The minimum atomic E-state index is -0.435. The Kier molecular flexibility index (Phi) is 6.36. The molecule has 1 aliphatic heterocycles. The third-order valence-electron chi connectivity index (χ3n) is 5.39. The molecule has 0 unspecified atom stereocenters. The van der Waals surface area contributed by atoms with E-state index in [1.54, 1.807) is 12.0 Å². The number of anilines is 1. The summed E-state index contributed by atoms with van der Waals surface area (Å²) in [7, 11) is 1.65. The fraction of sp³-hybridized carbons (Fsp3) is 0.600. The number of amides is 2. The highest BCUT2D eigenvalue weighted by molar-refractivity contribution is 6.35. The fourth-order valence-electron chi connectivity index (χ4n) is 3.78. The van der Waals surface area contributed by atoms with Gasteiger partial charge in [0.1, 0.15) is 5.75 Å². The molecule has 2 fully saturated rings. The van der Waals surface area contributed by atoms with Gasteiger partial charge in [0.2, 0.25) is 0 Å². The summed E-state index contributed by atoms with van der Waals surface area (Å²) in [6.07, 6.45) is 6.72. The first-order valence-electron chi connectivity index (χ1n) is 9.66. The van der Waals surface area contributed by atoms with Crippen LogP contribution in [-0.4, -0.2) is 56.0 Å². The average molecular weight is 359 g/mol. The van der Waals surface area contributed by atoms with Crippen LogP contribution in [0.5, 0.6) is 5.75 Å². The molecule has 0 aromatic heterocycles. The number of methoxy groups -OCH3 is 1. The molecule has 6 heteroatoms. The lowest BCUT2D eigenvalue weighted by Crippen LogP contribution is -2.53. The molecule has 1 aromatic carbocycles. The number of nitrogens with one attached hydrogen (secondary N) is 1. The molecule has 2 aliphatic rings. The van der Waals surface area contributed by atoms with E-state index in [2.05, 4.69) is 10.2 Å². The molecular formula is C20H29N3O3. The Balaban J connectivity index is 1.48. The molecule has 1 saturated heterocycles. The minimum absolute atomic E-state index is 0.162. The van der Waals surface area contributed by atoms with E-state index in [0.717, 1.165) is 50.2 Å². The highest BCUT2D eigenvalue weighted by Gasteiger charge is 2.27. The molecule has 1 aliphatic carbocycles. The summed E-state index contributed by atoms with van der Waals surface area (Å²) in [4.78, 5) is 28.7.